The van der Waals surface area contributed by atoms with Gasteiger partial charge in [-0.1, -0.05) is 60.7 Å². The van der Waals surface area contributed by atoms with Crippen molar-refractivity contribution in [3.63, 3.8) is 0 Å². The minimum atomic E-state index is 0.148. The monoisotopic (exact) mass is 345 g/mol. The maximum Gasteiger partial charge on any atom is 0.131 e. The molecule has 1 heterocycles. The van der Waals surface area contributed by atoms with Crippen LogP contribution in [0.25, 0.3) is 0 Å². The van der Waals surface area contributed by atoms with E-state index < -0.39 is 0 Å². The van der Waals surface area contributed by atoms with Gasteiger partial charge in [0.2, 0.25) is 0 Å². The van der Waals surface area contributed by atoms with Crippen LogP contribution in [0.2, 0.25) is 0 Å². The number of hydrogen-bond acceptors (Lipinski definition) is 3. The van der Waals surface area contributed by atoms with Gasteiger partial charge in [0.05, 0.1) is 13.2 Å². The molecule has 1 aliphatic heterocycles. The van der Waals surface area contributed by atoms with Crippen LogP contribution in [-0.4, -0.2) is 24.7 Å². The fourth-order valence-electron chi connectivity index (χ4n) is 3.52. The normalized spacial score (nSPS) is 19.6. The smallest absolute Gasteiger partial charge is 0.131 e. The van der Waals surface area contributed by atoms with Crippen molar-refractivity contribution in [2.75, 3.05) is 13.7 Å². The molecular formula is C23H23NO2. The molecule has 0 unspecified atom stereocenters. The molecule has 0 N–H and O–H groups in total. The van der Waals surface area contributed by atoms with E-state index in [9.17, 15) is 0 Å². The Bertz CT molecular complexity index is 770. The fraction of sp³-hybridized carbons (Fsp3) is 0.217. The van der Waals surface area contributed by atoms with Crippen molar-refractivity contribution in [3.05, 3.63) is 96.1 Å². The second kappa shape index (κ2) is 7.63. The van der Waals surface area contributed by atoms with Gasteiger partial charge >= 0.3 is 0 Å². The van der Waals surface area contributed by atoms with Gasteiger partial charge in [0.1, 0.15) is 17.6 Å². The van der Waals surface area contributed by atoms with Crippen LogP contribution >= 0.6 is 0 Å². The van der Waals surface area contributed by atoms with E-state index in [1.165, 1.54) is 11.1 Å². The first-order valence-electron chi connectivity index (χ1n) is 8.97. The maximum absolute atomic E-state index is 6.27. The largest absolute Gasteiger partial charge is 0.497 e. The molecule has 3 nitrogen and oxygen atoms in total. The molecule has 1 fully saturated rings. The molecule has 132 valence electrons. The first kappa shape index (κ1) is 16.7. The summed E-state index contributed by atoms with van der Waals surface area (Å²) >= 11 is 0. The van der Waals surface area contributed by atoms with Crippen LogP contribution in [0.4, 0.5) is 0 Å². The lowest BCUT2D eigenvalue weighted by molar-refractivity contribution is -0.0531. The van der Waals surface area contributed by atoms with Gasteiger partial charge in [-0.3, -0.25) is 4.90 Å². The molecule has 0 aliphatic carbocycles. The summed E-state index contributed by atoms with van der Waals surface area (Å²) in [5.74, 6) is 1.80. The van der Waals surface area contributed by atoms with Crippen LogP contribution in [0.3, 0.4) is 0 Å². The van der Waals surface area contributed by atoms with Gasteiger partial charge in [-0.15, -0.1) is 0 Å². The van der Waals surface area contributed by atoms with Crippen molar-refractivity contribution < 1.29 is 9.47 Å². The molecule has 0 spiro atoms. The summed E-state index contributed by atoms with van der Waals surface area (Å²) in [5.41, 5.74) is 2.58. The molecule has 2 atom stereocenters. The summed E-state index contributed by atoms with van der Waals surface area (Å²) in [4.78, 5) is 2.46. The second-order valence-corrected chi connectivity index (χ2v) is 6.60. The molecule has 1 aliphatic rings. The molecule has 3 heteroatoms. The van der Waals surface area contributed by atoms with E-state index in [-0.39, 0.29) is 12.1 Å². The number of para-hydroxylation sites is 1. The third-order valence-corrected chi connectivity index (χ3v) is 4.88. The van der Waals surface area contributed by atoms with E-state index >= 15 is 0 Å². The molecule has 1 saturated heterocycles. The van der Waals surface area contributed by atoms with Gasteiger partial charge in [-0.25, -0.2) is 0 Å². The number of methoxy groups -OCH3 is 1. The highest BCUT2D eigenvalue weighted by Gasteiger charge is 2.41. The number of rotatable bonds is 6. The number of hydrogen-bond donors (Lipinski definition) is 0. The van der Waals surface area contributed by atoms with Crippen LogP contribution in [0.1, 0.15) is 17.2 Å². The summed E-state index contributed by atoms with van der Waals surface area (Å²) in [6.07, 6.45) is 0.148. The molecule has 0 aromatic heterocycles. The molecule has 3 aromatic rings. The molecule has 0 amide bonds. The number of nitrogens with zero attached hydrogens (tertiary/aromatic N) is 1. The van der Waals surface area contributed by atoms with Crippen molar-refractivity contribution >= 4 is 0 Å². The van der Waals surface area contributed by atoms with E-state index in [4.69, 9.17) is 9.47 Å². The van der Waals surface area contributed by atoms with Crippen molar-refractivity contribution in [1.29, 1.82) is 0 Å². The Morgan fingerprint density at radius 2 is 1.46 bits per heavy atom. The zero-order valence-electron chi connectivity index (χ0n) is 14.9. The summed E-state index contributed by atoms with van der Waals surface area (Å²) in [6.45, 7) is 1.84. The van der Waals surface area contributed by atoms with Gasteiger partial charge in [0.25, 0.3) is 0 Å². The predicted molar refractivity (Wildman–Crippen MR) is 103 cm³/mol. The number of likely N-dealkylation sites (tertiary alicyclic amines) is 1. The van der Waals surface area contributed by atoms with Crippen LogP contribution in [-0.2, 0) is 6.54 Å². The van der Waals surface area contributed by atoms with Crippen LogP contribution in [0, 0.1) is 0 Å². The van der Waals surface area contributed by atoms with E-state index in [1.807, 2.05) is 42.5 Å². The Labute approximate surface area is 154 Å². The third kappa shape index (κ3) is 3.58. The minimum absolute atomic E-state index is 0.148. The summed E-state index contributed by atoms with van der Waals surface area (Å²) in [6, 6.07) is 29.2. The molecule has 0 radical (unpaired) electrons. The SMILES string of the molecule is COc1ccc([C@H]2[C@@H](Oc3ccccc3)CN2Cc2ccccc2)cc1. The average molecular weight is 345 g/mol. The Balaban J connectivity index is 1.54. The van der Waals surface area contributed by atoms with Crippen molar-refractivity contribution in [2.45, 2.75) is 18.7 Å². The quantitative estimate of drug-likeness (QED) is 0.646. The number of benzene rings is 3. The van der Waals surface area contributed by atoms with E-state index in [2.05, 4.69) is 47.4 Å². The van der Waals surface area contributed by atoms with Crippen LogP contribution in [0.5, 0.6) is 11.5 Å². The van der Waals surface area contributed by atoms with E-state index in [0.717, 1.165) is 24.6 Å². The van der Waals surface area contributed by atoms with Gasteiger partial charge < -0.3 is 9.47 Å². The Kier molecular flexibility index (Phi) is 4.89. The highest BCUT2D eigenvalue weighted by atomic mass is 16.5. The lowest BCUT2D eigenvalue weighted by atomic mass is 9.90. The molecular weight excluding hydrogens is 322 g/mol. The molecule has 3 aromatic carbocycles. The molecule has 0 bridgehead atoms. The summed E-state index contributed by atoms with van der Waals surface area (Å²) in [7, 11) is 1.70. The fourth-order valence-corrected chi connectivity index (χ4v) is 3.52. The van der Waals surface area contributed by atoms with E-state index in [0.29, 0.717) is 0 Å². The minimum Gasteiger partial charge on any atom is -0.497 e. The Hall–Kier alpha value is -2.78. The Morgan fingerprint density at radius 1 is 0.808 bits per heavy atom. The third-order valence-electron chi connectivity index (χ3n) is 4.88. The number of ether oxygens (including phenoxy) is 2. The summed E-state index contributed by atoms with van der Waals surface area (Å²) < 4.78 is 11.6. The van der Waals surface area contributed by atoms with Gasteiger partial charge in [-0.2, -0.15) is 0 Å². The highest BCUT2D eigenvalue weighted by molar-refractivity contribution is 5.32. The van der Waals surface area contributed by atoms with Gasteiger partial charge in [-0.05, 0) is 35.4 Å². The lowest BCUT2D eigenvalue weighted by Crippen LogP contribution is -2.55. The van der Waals surface area contributed by atoms with Crippen molar-refractivity contribution in [1.82, 2.24) is 4.90 Å². The summed E-state index contributed by atoms with van der Waals surface area (Å²) in [5, 5.41) is 0. The highest BCUT2D eigenvalue weighted by Crippen LogP contribution is 2.38. The topological polar surface area (TPSA) is 21.7 Å². The predicted octanol–water partition coefficient (Wildman–Crippen LogP) is 4.70. The maximum atomic E-state index is 6.27. The lowest BCUT2D eigenvalue weighted by Gasteiger charge is -2.48. The standard InChI is InChI=1S/C23H23NO2/c1-25-20-14-12-19(13-15-20)23-22(26-21-10-6-3-7-11-21)17-24(23)16-18-8-4-2-5-9-18/h2-15,22-23H,16-17H2,1H3/t22-,23-/m0/s1. The molecule has 26 heavy (non-hydrogen) atoms. The molecule has 4 rings (SSSR count). The van der Waals surface area contributed by atoms with Crippen LogP contribution < -0.4 is 9.47 Å². The first-order valence-corrected chi connectivity index (χ1v) is 8.97. The molecule has 0 saturated carbocycles. The van der Waals surface area contributed by atoms with Gasteiger partial charge in [0.15, 0.2) is 0 Å². The average Bonchev–Trinajstić information content (AvgIpc) is 2.69. The zero-order chi connectivity index (χ0) is 17.8. The first-order chi connectivity index (χ1) is 12.8. The van der Waals surface area contributed by atoms with Crippen molar-refractivity contribution in [3.8, 4) is 11.5 Å². The second-order valence-electron chi connectivity index (χ2n) is 6.60. The van der Waals surface area contributed by atoms with Gasteiger partial charge in [0, 0.05) is 13.1 Å². The Morgan fingerprint density at radius 3 is 2.12 bits per heavy atom. The zero-order valence-corrected chi connectivity index (χ0v) is 14.9. The van der Waals surface area contributed by atoms with Crippen LogP contribution in [0.15, 0.2) is 84.9 Å². The van der Waals surface area contributed by atoms with Crippen molar-refractivity contribution in [2.24, 2.45) is 0 Å². The van der Waals surface area contributed by atoms with E-state index in [1.54, 1.807) is 7.11 Å².